The van der Waals surface area contributed by atoms with Crippen molar-refractivity contribution in [2.75, 3.05) is 17.7 Å². The fraction of sp³-hybridized carbons (Fsp3) is 0.120. The fourth-order valence-electron chi connectivity index (χ4n) is 4.17. The highest BCUT2D eigenvalue weighted by atomic mass is 35.5. The lowest BCUT2D eigenvalue weighted by Gasteiger charge is -2.31. The Morgan fingerprint density at radius 3 is 2.67 bits per heavy atom. The number of aromatic hydroxyl groups is 1. The second-order valence-corrected chi connectivity index (χ2v) is 8.19. The molecule has 1 atom stereocenters. The van der Waals surface area contributed by atoms with Crippen molar-refractivity contribution in [2.24, 2.45) is 0 Å². The van der Waals surface area contributed by atoms with Gasteiger partial charge >= 0.3 is 0 Å². The van der Waals surface area contributed by atoms with E-state index in [1.807, 2.05) is 35.8 Å². The number of anilines is 2. The third-order valence-electron chi connectivity index (χ3n) is 5.70. The van der Waals surface area contributed by atoms with Crippen LogP contribution in [0.25, 0.3) is 11.0 Å². The zero-order chi connectivity index (χ0) is 23.1. The van der Waals surface area contributed by atoms with Crippen LogP contribution in [-0.2, 0) is 4.79 Å². The van der Waals surface area contributed by atoms with Crippen LogP contribution in [0.15, 0.2) is 78.0 Å². The standard InChI is InChI=1S/C25H21ClN4O3/c1-14-22(24(32)28-17-10-8-16(26)9-11-17)23(15-7-12-20(31)21(13-15)33-2)30-19-6-4-3-5-18(19)29-25(30)27-14/h3-13,23,31H,1-2H3,(H,27,29)(H,28,32)/t23-/m0/s1. The minimum absolute atomic E-state index is 0.0266. The number of para-hydroxylation sites is 2. The number of halogens is 1. The smallest absolute Gasteiger partial charge is 0.255 e. The Labute approximate surface area is 195 Å². The lowest BCUT2D eigenvalue weighted by atomic mass is 9.94. The van der Waals surface area contributed by atoms with E-state index < -0.39 is 6.04 Å². The van der Waals surface area contributed by atoms with Crippen LogP contribution >= 0.6 is 11.6 Å². The molecule has 0 unspecified atom stereocenters. The van der Waals surface area contributed by atoms with Crippen LogP contribution in [0.2, 0.25) is 5.02 Å². The van der Waals surface area contributed by atoms with Gasteiger partial charge in [-0.2, -0.15) is 0 Å². The lowest BCUT2D eigenvalue weighted by molar-refractivity contribution is -0.113. The molecule has 3 aromatic carbocycles. The first-order chi connectivity index (χ1) is 16.0. The van der Waals surface area contributed by atoms with Gasteiger partial charge in [0.2, 0.25) is 5.95 Å². The first kappa shape index (κ1) is 20.9. The number of nitrogens with zero attached hydrogens (tertiary/aromatic N) is 2. The molecule has 2 heterocycles. The van der Waals surface area contributed by atoms with E-state index in [-0.39, 0.29) is 11.7 Å². The molecule has 1 amide bonds. The summed E-state index contributed by atoms with van der Waals surface area (Å²) in [5.41, 5.74) is 4.29. The van der Waals surface area contributed by atoms with Crippen LogP contribution < -0.4 is 15.4 Å². The molecule has 5 rings (SSSR count). The topological polar surface area (TPSA) is 88.4 Å². The van der Waals surface area contributed by atoms with Crippen molar-refractivity contribution in [1.82, 2.24) is 9.55 Å². The number of methoxy groups -OCH3 is 1. The number of carbonyl (C=O) groups excluding carboxylic acids is 1. The maximum absolute atomic E-state index is 13.6. The average molecular weight is 461 g/mol. The van der Waals surface area contributed by atoms with Crippen LogP contribution in [0.1, 0.15) is 18.5 Å². The van der Waals surface area contributed by atoms with Gasteiger partial charge in [0, 0.05) is 16.4 Å². The highest BCUT2D eigenvalue weighted by Crippen LogP contribution is 2.41. The third kappa shape index (κ3) is 3.66. The summed E-state index contributed by atoms with van der Waals surface area (Å²) in [5.74, 6) is 0.725. The molecule has 0 fully saturated rings. The Morgan fingerprint density at radius 1 is 1.15 bits per heavy atom. The van der Waals surface area contributed by atoms with Crippen molar-refractivity contribution in [3.05, 3.63) is 88.6 Å². The summed E-state index contributed by atoms with van der Waals surface area (Å²) in [6.07, 6.45) is 0. The van der Waals surface area contributed by atoms with Crippen LogP contribution in [0.5, 0.6) is 11.5 Å². The van der Waals surface area contributed by atoms with Gasteiger partial charge < -0.3 is 20.5 Å². The van der Waals surface area contributed by atoms with Gasteiger partial charge in [0.15, 0.2) is 11.5 Å². The third-order valence-corrected chi connectivity index (χ3v) is 5.95. The molecular weight excluding hydrogens is 440 g/mol. The molecule has 1 aromatic heterocycles. The average Bonchev–Trinajstić information content (AvgIpc) is 3.18. The van der Waals surface area contributed by atoms with Gasteiger partial charge in [0.05, 0.1) is 29.8 Å². The summed E-state index contributed by atoms with van der Waals surface area (Å²) in [5, 5.41) is 17.0. The molecule has 1 aliphatic heterocycles. The zero-order valence-corrected chi connectivity index (χ0v) is 18.7. The molecule has 8 heteroatoms. The predicted octanol–water partition coefficient (Wildman–Crippen LogP) is 5.33. The Bertz CT molecular complexity index is 1410. The van der Waals surface area contributed by atoms with Crippen LogP contribution in [0, 0.1) is 0 Å². The normalized spacial score (nSPS) is 15.2. The second kappa shape index (κ2) is 8.18. The highest BCUT2D eigenvalue weighted by molar-refractivity contribution is 6.30. The number of hydrogen-bond acceptors (Lipinski definition) is 5. The van der Waals surface area contributed by atoms with Crippen LogP contribution in [0.4, 0.5) is 11.6 Å². The molecule has 3 N–H and O–H groups in total. The van der Waals surface area contributed by atoms with Gasteiger partial charge in [-0.05, 0) is 61.0 Å². The Balaban J connectivity index is 1.67. The van der Waals surface area contributed by atoms with E-state index in [1.54, 1.807) is 42.5 Å². The molecule has 0 saturated carbocycles. The number of fused-ring (bicyclic) bond motifs is 3. The van der Waals surface area contributed by atoms with E-state index in [0.717, 1.165) is 16.6 Å². The predicted molar refractivity (Wildman–Crippen MR) is 129 cm³/mol. The number of ether oxygens (including phenoxy) is 1. The number of allylic oxidation sites excluding steroid dienone is 1. The van der Waals surface area contributed by atoms with Crippen molar-refractivity contribution in [2.45, 2.75) is 13.0 Å². The summed E-state index contributed by atoms with van der Waals surface area (Å²) >= 11 is 5.99. The van der Waals surface area contributed by atoms with E-state index in [2.05, 4.69) is 10.6 Å². The molecule has 0 bridgehead atoms. The molecule has 0 saturated heterocycles. The van der Waals surface area contributed by atoms with Crippen molar-refractivity contribution in [1.29, 1.82) is 0 Å². The summed E-state index contributed by atoms with van der Waals surface area (Å²) < 4.78 is 7.33. The van der Waals surface area contributed by atoms with Crippen LogP contribution in [-0.4, -0.2) is 27.7 Å². The number of nitrogens with one attached hydrogen (secondary N) is 2. The van der Waals surface area contributed by atoms with E-state index in [1.165, 1.54) is 7.11 Å². The first-order valence-corrected chi connectivity index (χ1v) is 10.7. The van der Waals surface area contributed by atoms with Crippen molar-refractivity contribution in [3.8, 4) is 11.5 Å². The molecule has 0 aliphatic carbocycles. The molecule has 0 spiro atoms. The van der Waals surface area contributed by atoms with Crippen molar-refractivity contribution >= 4 is 40.2 Å². The minimum atomic E-state index is -0.504. The molecule has 7 nitrogen and oxygen atoms in total. The van der Waals surface area contributed by atoms with Gasteiger partial charge in [-0.1, -0.05) is 29.8 Å². The monoisotopic (exact) mass is 460 g/mol. The minimum Gasteiger partial charge on any atom is -0.504 e. The van der Waals surface area contributed by atoms with Crippen LogP contribution in [0.3, 0.4) is 0 Å². The van der Waals surface area contributed by atoms with E-state index >= 15 is 0 Å². The van der Waals surface area contributed by atoms with E-state index in [0.29, 0.717) is 33.7 Å². The number of carbonyl (C=O) groups is 1. The molecule has 33 heavy (non-hydrogen) atoms. The Morgan fingerprint density at radius 2 is 1.91 bits per heavy atom. The number of benzene rings is 3. The second-order valence-electron chi connectivity index (χ2n) is 7.75. The Hall–Kier alpha value is -3.97. The zero-order valence-electron chi connectivity index (χ0n) is 18.0. The number of hydrogen-bond donors (Lipinski definition) is 3. The SMILES string of the molecule is COc1cc([C@H]2C(C(=O)Nc3ccc(Cl)cc3)=C(C)Nc3nc4ccccc4n32)ccc1O. The summed E-state index contributed by atoms with van der Waals surface area (Å²) in [4.78, 5) is 18.3. The summed E-state index contributed by atoms with van der Waals surface area (Å²) in [7, 11) is 1.49. The molecule has 1 aliphatic rings. The Kier molecular flexibility index (Phi) is 5.18. The fourth-order valence-corrected chi connectivity index (χ4v) is 4.30. The van der Waals surface area contributed by atoms with Crippen molar-refractivity contribution in [3.63, 3.8) is 0 Å². The van der Waals surface area contributed by atoms with Crippen molar-refractivity contribution < 1.29 is 14.6 Å². The highest BCUT2D eigenvalue weighted by Gasteiger charge is 2.34. The van der Waals surface area contributed by atoms with Gasteiger partial charge in [-0.15, -0.1) is 0 Å². The van der Waals surface area contributed by atoms with E-state index in [4.69, 9.17) is 21.3 Å². The maximum atomic E-state index is 13.6. The first-order valence-electron chi connectivity index (χ1n) is 10.3. The number of phenols is 1. The van der Waals surface area contributed by atoms with E-state index in [9.17, 15) is 9.90 Å². The molecule has 0 radical (unpaired) electrons. The van der Waals surface area contributed by atoms with Gasteiger partial charge in [-0.3, -0.25) is 9.36 Å². The summed E-state index contributed by atoms with van der Waals surface area (Å²) in [6.45, 7) is 1.85. The number of rotatable bonds is 4. The molecular formula is C25H21ClN4O3. The summed E-state index contributed by atoms with van der Waals surface area (Å²) in [6, 6.07) is 19.3. The number of aromatic nitrogens is 2. The quantitative estimate of drug-likeness (QED) is 0.383. The molecule has 166 valence electrons. The maximum Gasteiger partial charge on any atom is 0.255 e. The van der Waals surface area contributed by atoms with Gasteiger partial charge in [0.25, 0.3) is 5.91 Å². The lowest BCUT2D eigenvalue weighted by Crippen LogP contribution is -2.30. The number of amides is 1. The molecule has 4 aromatic rings. The van der Waals surface area contributed by atoms with Gasteiger partial charge in [-0.25, -0.2) is 4.98 Å². The van der Waals surface area contributed by atoms with Gasteiger partial charge in [0.1, 0.15) is 0 Å². The number of imidazole rings is 1. The number of phenolic OH excluding ortho intramolecular Hbond substituents is 1. The largest absolute Gasteiger partial charge is 0.504 e.